The maximum atomic E-state index is 5.44. The molecule has 142 valence electrons. The Morgan fingerprint density at radius 3 is 2.65 bits per heavy atom. The maximum Gasteiger partial charge on any atom is 0.162 e. The third kappa shape index (κ3) is 4.41. The maximum absolute atomic E-state index is 5.44. The number of aromatic nitrogens is 3. The summed E-state index contributed by atoms with van der Waals surface area (Å²) in [5, 5.41) is 13.7. The zero-order valence-corrected chi connectivity index (χ0v) is 16.5. The number of benzene rings is 1. The second-order valence-electron chi connectivity index (χ2n) is 8.00. The van der Waals surface area contributed by atoms with E-state index in [1.54, 1.807) is 0 Å². The molecule has 26 heavy (non-hydrogen) atoms. The summed E-state index contributed by atoms with van der Waals surface area (Å²) in [6.07, 6.45) is 3.60. The highest BCUT2D eigenvalue weighted by Gasteiger charge is 2.19. The molecule has 2 heterocycles. The molecule has 2 aromatic rings. The van der Waals surface area contributed by atoms with Crippen LogP contribution in [0.4, 0.5) is 11.5 Å². The molecule has 1 aliphatic rings. The van der Waals surface area contributed by atoms with Crippen LogP contribution in [0.3, 0.4) is 0 Å². The SMILES string of the molecule is CCCC(C)(C)CCN(C)c1nnnc2cc(N3CCOCC3)ccc12. The number of ether oxygens (including phenoxy) is 1. The van der Waals surface area contributed by atoms with Gasteiger partial charge in [0.1, 0.15) is 5.52 Å². The van der Waals surface area contributed by atoms with E-state index in [0.717, 1.165) is 56.0 Å². The van der Waals surface area contributed by atoms with Crippen LogP contribution < -0.4 is 9.80 Å². The van der Waals surface area contributed by atoms with Gasteiger partial charge in [-0.3, -0.25) is 0 Å². The predicted molar refractivity (Wildman–Crippen MR) is 107 cm³/mol. The molecule has 0 aliphatic carbocycles. The van der Waals surface area contributed by atoms with Crippen molar-refractivity contribution < 1.29 is 4.74 Å². The van der Waals surface area contributed by atoms with E-state index >= 15 is 0 Å². The van der Waals surface area contributed by atoms with Crippen LogP contribution in [0.25, 0.3) is 10.9 Å². The van der Waals surface area contributed by atoms with E-state index in [9.17, 15) is 0 Å². The van der Waals surface area contributed by atoms with E-state index in [0.29, 0.717) is 5.41 Å². The molecule has 0 saturated carbocycles. The second-order valence-corrected chi connectivity index (χ2v) is 8.00. The largest absolute Gasteiger partial charge is 0.378 e. The molecule has 0 atom stereocenters. The fourth-order valence-corrected chi connectivity index (χ4v) is 3.64. The third-order valence-corrected chi connectivity index (χ3v) is 5.30. The van der Waals surface area contributed by atoms with Crippen LogP contribution >= 0.6 is 0 Å². The fraction of sp³-hybridized carbons (Fsp3) is 0.650. The van der Waals surface area contributed by atoms with Crippen LogP contribution in [0.1, 0.15) is 40.0 Å². The van der Waals surface area contributed by atoms with Crippen molar-refractivity contribution in [3.05, 3.63) is 18.2 Å². The van der Waals surface area contributed by atoms with Crippen molar-refractivity contribution >= 4 is 22.4 Å². The average molecular weight is 358 g/mol. The van der Waals surface area contributed by atoms with Gasteiger partial charge in [0.25, 0.3) is 0 Å². The van der Waals surface area contributed by atoms with Crippen LogP contribution in [0.2, 0.25) is 0 Å². The normalized spacial score (nSPS) is 15.5. The first-order chi connectivity index (χ1) is 12.5. The van der Waals surface area contributed by atoms with Gasteiger partial charge in [-0.1, -0.05) is 27.2 Å². The lowest BCUT2D eigenvalue weighted by Gasteiger charge is -2.29. The van der Waals surface area contributed by atoms with Gasteiger partial charge >= 0.3 is 0 Å². The summed E-state index contributed by atoms with van der Waals surface area (Å²) in [4.78, 5) is 4.55. The standard InChI is InChI=1S/C20H31N5O/c1-5-8-20(2,3)9-10-24(4)19-17-7-6-16(15-18(17)21-23-22-19)25-11-13-26-14-12-25/h6-7,15H,5,8-14H2,1-4H3. The molecule has 0 radical (unpaired) electrons. The van der Waals surface area contributed by atoms with Crippen molar-refractivity contribution in [2.24, 2.45) is 5.41 Å². The molecule has 1 fully saturated rings. The molecule has 0 amide bonds. The van der Waals surface area contributed by atoms with Gasteiger partial charge in [0.15, 0.2) is 5.82 Å². The Bertz CT molecular complexity index is 727. The summed E-state index contributed by atoms with van der Waals surface area (Å²) < 4.78 is 5.44. The van der Waals surface area contributed by atoms with Gasteiger partial charge in [-0.2, -0.15) is 0 Å². The molecule has 0 bridgehead atoms. The molecule has 0 unspecified atom stereocenters. The Hall–Kier alpha value is -1.95. The van der Waals surface area contributed by atoms with Crippen LogP contribution in [-0.2, 0) is 4.74 Å². The highest BCUT2D eigenvalue weighted by atomic mass is 16.5. The molecule has 3 rings (SSSR count). The Kier molecular flexibility index (Phi) is 5.91. The van der Waals surface area contributed by atoms with Gasteiger partial charge < -0.3 is 14.5 Å². The van der Waals surface area contributed by atoms with Crippen molar-refractivity contribution in [3.8, 4) is 0 Å². The molecular weight excluding hydrogens is 326 g/mol. The zero-order chi connectivity index (χ0) is 18.6. The zero-order valence-electron chi connectivity index (χ0n) is 16.5. The van der Waals surface area contributed by atoms with Gasteiger partial charge in [-0.05, 0) is 41.7 Å². The topological polar surface area (TPSA) is 54.4 Å². The summed E-state index contributed by atoms with van der Waals surface area (Å²) in [7, 11) is 2.10. The number of rotatable bonds is 7. The number of anilines is 2. The summed E-state index contributed by atoms with van der Waals surface area (Å²) in [5.74, 6) is 0.913. The number of morpholine rings is 1. The molecule has 1 saturated heterocycles. The van der Waals surface area contributed by atoms with E-state index in [4.69, 9.17) is 4.74 Å². The minimum atomic E-state index is 0.350. The Balaban J connectivity index is 1.78. The molecule has 0 spiro atoms. The third-order valence-electron chi connectivity index (χ3n) is 5.30. The van der Waals surface area contributed by atoms with Crippen molar-refractivity contribution in [3.63, 3.8) is 0 Å². The van der Waals surface area contributed by atoms with Gasteiger partial charge in [-0.15, -0.1) is 10.2 Å². The van der Waals surface area contributed by atoms with Crippen LogP contribution in [0, 0.1) is 5.41 Å². The minimum absolute atomic E-state index is 0.350. The first-order valence-electron chi connectivity index (χ1n) is 9.67. The van der Waals surface area contributed by atoms with Gasteiger partial charge in [0, 0.05) is 37.8 Å². The lowest BCUT2D eigenvalue weighted by Crippen LogP contribution is -2.36. The molecule has 1 aromatic carbocycles. The van der Waals surface area contributed by atoms with E-state index in [1.807, 2.05) is 0 Å². The Labute approximate surface area is 156 Å². The number of hydrogen-bond acceptors (Lipinski definition) is 6. The first-order valence-corrected chi connectivity index (χ1v) is 9.67. The van der Waals surface area contributed by atoms with Crippen molar-refractivity contribution in [1.29, 1.82) is 0 Å². The van der Waals surface area contributed by atoms with Crippen LogP contribution in [0.5, 0.6) is 0 Å². The quantitative estimate of drug-likeness (QED) is 0.756. The summed E-state index contributed by atoms with van der Waals surface area (Å²) in [6, 6.07) is 6.41. The Morgan fingerprint density at radius 1 is 1.15 bits per heavy atom. The fourth-order valence-electron chi connectivity index (χ4n) is 3.64. The minimum Gasteiger partial charge on any atom is -0.378 e. The van der Waals surface area contributed by atoms with Gasteiger partial charge in [0.05, 0.1) is 13.2 Å². The molecule has 1 aromatic heterocycles. The predicted octanol–water partition coefficient (Wildman–Crippen LogP) is 3.51. The summed E-state index contributed by atoms with van der Waals surface area (Å²) in [6.45, 7) is 11.3. The monoisotopic (exact) mass is 357 g/mol. The van der Waals surface area contributed by atoms with E-state index in [2.05, 4.69) is 71.2 Å². The van der Waals surface area contributed by atoms with Crippen molar-refractivity contribution in [2.75, 3.05) is 49.7 Å². The van der Waals surface area contributed by atoms with E-state index in [1.165, 1.54) is 18.5 Å². The molecule has 6 nitrogen and oxygen atoms in total. The van der Waals surface area contributed by atoms with Crippen LogP contribution in [0.15, 0.2) is 18.2 Å². The summed E-state index contributed by atoms with van der Waals surface area (Å²) >= 11 is 0. The van der Waals surface area contributed by atoms with E-state index < -0.39 is 0 Å². The number of hydrogen-bond donors (Lipinski definition) is 0. The lowest BCUT2D eigenvalue weighted by molar-refractivity contribution is 0.122. The van der Waals surface area contributed by atoms with Crippen LogP contribution in [-0.4, -0.2) is 55.3 Å². The van der Waals surface area contributed by atoms with Gasteiger partial charge in [-0.25, -0.2) is 0 Å². The van der Waals surface area contributed by atoms with Crippen molar-refractivity contribution in [2.45, 2.75) is 40.0 Å². The highest BCUT2D eigenvalue weighted by molar-refractivity contribution is 5.91. The second kappa shape index (κ2) is 8.16. The molecular formula is C20H31N5O. The number of nitrogens with zero attached hydrogens (tertiary/aromatic N) is 5. The van der Waals surface area contributed by atoms with E-state index in [-0.39, 0.29) is 0 Å². The highest BCUT2D eigenvalue weighted by Crippen LogP contribution is 2.30. The lowest BCUT2D eigenvalue weighted by atomic mass is 9.84. The average Bonchev–Trinajstić information content (AvgIpc) is 2.66. The smallest absolute Gasteiger partial charge is 0.162 e. The van der Waals surface area contributed by atoms with Crippen molar-refractivity contribution in [1.82, 2.24) is 15.4 Å². The first kappa shape index (κ1) is 18.8. The summed E-state index contributed by atoms with van der Waals surface area (Å²) in [5.41, 5.74) is 2.43. The molecule has 6 heteroatoms. The molecule has 0 N–H and O–H groups in total. The molecule has 1 aliphatic heterocycles. The number of fused-ring (bicyclic) bond motifs is 1. The Morgan fingerprint density at radius 2 is 1.92 bits per heavy atom. The van der Waals surface area contributed by atoms with Gasteiger partial charge in [0.2, 0.25) is 0 Å².